The summed E-state index contributed by atoms with van der Waals surface area (Å²) in [7, 11) is 0. The molecule has 0 radical (unpaired) electrons. The minimum Gasteiger partial charge on any atom is -0.486 e. The quantitative estimate of drug-likeness (QED) is 0.257. The van der Waals surface area contributed by atoms with Gasteiger partial charge < -0.3 is 9.47 Å². The summed E-state index contributed by atoms with van der Waals surface area (Å²) in [5.41, 5.74) is 3.26. The minimum atomic E-state index is -0.130. The molecule has 0 saturated heterocycles. The number of ketones is 1. The van der Waals surface area contributed by atoms with Crippen molar-refractivity contribution in [3.05, 3.63) is 93.8 Å². The van der Waals surface area contributed by atoms with Crippen molar-refractivity contribution in [3.8, 4) is 11.5 Å². The topological polar surface area (TPSA) is 87.7 Å². The lowest BCUT2D eigenvalue weighted by molar-refractivity contribution is 0.102. The Labute approximate surface area is 210 Å². The van der Waals surface area contributed by atoms with Crippen LogP contribution in [0.25, 0.3) is 16.7 Å². The minimum absolute atomic E-state index is 0.0639. The first-order chi connectivity index (χ1) is 17.6. The number of carbonyl (C=O) groups is 1. The molecule has 0 N–H and O–H groups in total. The largest absolute Gasteiger partial charge is 0.486 e. The van der Waals surface area contributed by atoms with E-state index in [2.05, 4.69) is 10.2 Å². The van der Waals surface area contributed by atoms with E-state index in [9.17, 15) is 9.59 Å². The molecule has 0 saturated carbocycles. The molecule has 0 atom stereocenters. The third kappa shape index (κ3) is 4.01. The van der Waals surface area contributed by atoms with Crippen molar-refractivity contribution < 1.29 is 14.3 Å². The normalized spacial score (nSPS) is 12.8. The van der Waals surface area contributed by atoms with Gasteiger partial charge in [0.1, 0.15) is 13.2 Å². The molecule has 0 spiro atoms. The first kappa shape index (κ1) is 22.4. The van der Waals surface area contributed by atoms with Crippen LogP contribution in [0.2, 0.25) is 0 Å². The number of hydrogen-bond acceptors (Lipinski definition) is 7. The van der Waals surface area contributed by atoms with E-state index in [0.29, 0.717) is 58.7 Å². The second kappa shape index (κ2) is 9.16. The summed E-state index contributed by atoms with van der Waals surface area (Å²) in [4.78, 5) is 26.4. The molecule has 36 heavy (non-hydrogen) atoms. The van der Waals surface area contributed by atoms with Crippen LogP contribution >= 0.6 is 11.8 Å². The summed E-state index contributed by atoms with van der Waals surface area (Å²) in [6, 6.07) is 20.7. The van der Waals surface area contributed by atoms with Crippen LogP contribution in [0.5, 0.6) is 11.5 Å². The summed E-state index contributed by atoms with van der Waals surface area (Å²) in [6.07, 6.45) is 0. The van der Waals surface area contributed by atoms with Crippen LogP contribution in [-0.4, -0.2) is 43.9 Å². The Hall–Kier alpha value is -4.11. The average molecular weight is 499 g/mol. The van der Waals surface area contributed by atoms with Crippen molar-refractivity contribution in [2.45, 2.75) is 18.6 Å². The maximum absolute atomic E-state index is 13.4. The zero-order valence-electron chi connectivity index (χ0n) is 19.5. The highest BCUT2D eigenvalue weighted by Gasteiger charge is 2.19. The van der Waals surface area contributed by atoms with Gasteiger partial charge in [0, 0.05) is 5.56 Å². The highest BCUT2D eigenvalue weighted by atomic mass is 32.2. The molecule has 3 aromatic carbocycles. The predicted molar refractivity (Wildman–Crippen MR) is 138 cm³/mol. The Morgan fingerprint density at radius 3 is 2.58 bits per heavy atom. The zero-order valence-corrected chi connectivity index (χ0v) is 20.3. The summed E-state index contributed by atoms with van der Waals surface area (Å²) in [5.74, 6) is 1.76. The van der Waals surface area contributed by atoms with Crippen LogP contribution in [0.1, 0.15) is 21.5 Å². The number of hydrogen-bond donors (Lipinski definition) is 0. The first-order valence-electron chi connectivity index (χ1n) is 11.6. The van der Waals surface area contributed by atoms with Gasteiger partial charge in [-0.25, -0.2) is 0 Å². The van der Waals surface area contributed by atoms with Gasteiger partial charge in [0.2, 0.25) is 5.78 Å². The smallest absolute Gasteiger partial charge is 0.263 e. The lowest BCUT2D eigenvalue weighted by Gasteiger charge is -2.18. The molecule has 0 unspecified atom stereocenters. The Kier molecular flexibility index (Phi) is 5.69. The van der Waals surface area contributed by atoms with Crippen molar-refractivity contribution in [3.63, 3.8) is 0 Å². The van der Waals surface area contributed by atoms with Gasteiger partial charge in [0.05, 0.1) is 23.2 Å². The van der Waals surface area contributed by atoms with Crippen molar-refractivity contribution in [2.75, 3.05) is 19.0 Å². The van der Waals surface area contributed by atoms with Crippen molar-refractivity contribution >= 4 is 34.2 Å². The monoisotopic (exact) mass is 498 g/mol. The van der Waals surface area contributed by atoms with E-state index in [4.69, 9.17) is 9.47 Å². The fourth-order valence-corrected chi connectivity index (χ4v) is 5.11. The molecule has 0 bridgehead atoms. The Balaban J connectivity index is 1.35. The van der Waals surface area contributed by atoms with Gasteiger partial charge in [0.15, 0.2) is 22.4 Å². The fourth-order valence-electron chi connectivity index (χ4n) is 4.28. The molecule has 0 aliphatic carbocycles. The van der Waals surface area contributed by atoms with Gasteiger partial charge in [-0.1, -0.05) is 53.7 Å². The number of para-hydroxylation sites is 1. The Morgan fingerprint density at radius 1 is 0.972 bits per heavy atom. The molecule has 9 heteroatoms. The fraction of sp³-hybridized carbons (Fsp3) is 0.185. The van der Waals surface area contributed by atoms with E-state index in [1.54, 1.807) is 28.8 Å². The van der Waals surface area contributed by atoms with E-state index < -0.39 is 0 Å². The number of benzene rings is 3. The predicted octanol–water partition coefficient (Wildman–Crippen LogP) is 4.15. The summed E-state index contributed by atoms with van der Waals surface area (Å²) in [6.45, 7) is 3.35. The third-order valence-corrected chi connectivity index (χ3v) is 7.06. The lowest BCUT2D eigenvalue weighted by Crippen LogP contribution is -2.24. The van der Waals surface area contributed by atoms with Gasteiger partial charge in [-0.15, -0.1) is 10.2 Å². The molecular weight excluding hydrogens is 476 g/mol. The third-order valence-electron chi connectivity index (χ3n) is 6.14. The second-order valence-electron chi connectivity index (χ2n) is 8.58. The number of nitrogens with zero attached hydrogens (tertiary/aromatic N) is 4. The molecule has 3 heterocycles. The molecule has 8 nitrogen and oxygen atoms in total. The lowest BCUT2D eigenvalue weighted by atomic mass is 10.1. The molecule has 180 valence electrons. The maximum Gasteiger partial charge on any atom is 0.263 e. The highest BCUT2D eigenvalue weighted by molar-refractivity contribution is 7.99. The average Bonchev–Trinajstić information content (AvgIpc) is 3.34. The second-order valence-corrected chi connectivity index (χ2v) is 9.52. The number of ether oxygens (including phenoxy) is 2. The van der Waals surface area contributed by atoms with E-state index >= 15 is 0 Å². The van der Waals surface area contributed by atoms with Crippen LogP contribution in [0.4, 0.5) is 0 Å². The van der Waals surface area contributed by atoms with Crippen molar-refractivity contribution in [2.24, 2.45) is 0 Å². The van der Waals surface area contributed by atoms with Crippen LogP contribution in [0, 0.1) is 6.92 Å². The molecule has 1 aliphatic rings. The SMILES string of the molecule is Cc1ccc(Cn2c(=O)c3ccccc3n3c(SCC(=O)c4ccc5c(c4)OCCO5)nnc23)cc1. The number of carbonyl (C=O) groups excluding carboxylic acids is 1. The Morgan fingerprint density at radius 2 is 1.75 bits per heavy atom. The number of Topliss-reactive ketones (excluding diaryl/α,β-unsaturated/α-hetero) is 1. The summed E-state index contributed by atoms with van der Waals surface area (Å²) >= 11 is 1.29. The van der Waals surface area contributed by atoms with Gasteiger partial charge in [-0.3, -0.25) is 18.6 Å². The molecular formula is C27H22N4O4S. The van der Waals surface area contributed by atoms with E-state index in [1.807, 2.05) is 53.8 Å². The van der Waals surface area contributed by atoms with Crippen LogP contribution in [-0.2, 0) is 6.54 Å². The van der Waals surface area contributed by atoms with Crippen molar-refractivity contribution in [1.82, 2.24) is 19.2 Å². The van der Waals surface area contributed by atoms with Crippen LogP contribution in [0.3, 0.4) is 0 Å². The summed E-state index contributed by atoms with van der Waals surface area (Å²) in [5, 5.41) is 9.83. The number of thioether (sulfide) groups is 1. The zero-order chi connectivity index (χ0) is 24.6. The molecule has 0 fully saturated rings. The van der Waals surface area contributed by atoms with Gasteiger partial charge in [-0.05, 0) is 42.8 Å². The maximum atomic E-state index is 13.4. The Bertz CT molecular complexity index is 1670. The van der Waals surface area contributed by atoms with E-state index in [0.717, 1.165) is 11.1 Å². The van der Waals surface area contributed by atoms with Crippen LogP contribution < -0.4 is 15.0 Å². The summed E-state index contributed by atoms with van der Waals surface area (Å²) < 4.78 is 14.6. The number of aromatic nitrogens is 4. The first-order valence-corrected chi connectivity index (χ1v) is 12.5. The number of rotatable bonds is 6. The van der Waals surface area contributed by atoms with Crippen molar-refractivity contribution in [1.29, 1.82) is 0 Å². The van der Waals surface area contributed by atoms with E-state index in [1.165, 1.54) is 11.8 Å². The highest BCUT2D eigenvalue weighted by Crippen LogP contribution is 2.31. The van der Waals surface area contributed by atoms with Gasteiger partial charge >= 0.3 is 0 Å². The van der Waals surface area contributed by atoms with Crippen LogP contribution in [0.15, 0.2) is 76.7 Å². The molecule has 1 aliphatic heterocycles. The molecule has 6 rings (SSSR count). The molecule has 2 aromatic heterocycles. The van der Waals surface area contributed by atoms with Gasteiger partial charge in [-0.2, -0.15) is 0 Å². The molecule has 0 amide bonds. The number of fused-ring (bicyclic) bond motifs is 4. The van der Waals surface area contributed by atoms with Gasteiger partial charge in [0.25, 0.3) is 5.56 Å². The van der Waals surface area contributed by atoms with E-state index in [-0.39, 0.29) is 17.1 Å². The number of aryl methyl sites for hydroxylation is 1. The molecule has 5 aromatic rings. The standard InChI is InChI=1S/C27H22N4O4S/c1-17-6-8-18(9-7-17)15-30-25(33)20-4-2-3-5-21(20)31-26(30)28-29-27(31)36-16-22(32)19-10-11-23-24(14-19)35-13-12-34-23/h2-11,14H,12-13,15-16H2,1H3.